The molecule has 1 aliphatic rings. The third-order valence-corrected chi connectivity index (χ3v) is 7.00. The van der Waals surface area contributed by atoms with Gasteiger partial charge in [0.05, 0.1) is 22.2 Å². The van der Waals surface area contributed by atoms with Gasteiger partial charge in [-0.15, -0.1) is 0 Å². The maximum atomic E-state index is 12.9. The minimum atomic E-state index is -0.0621. The third kappa shape index (κ3) is 5.37. The second kappa shape index (κ2) is 11.2. The summed E-state index contributed by atoms with van der Waals surface area (Å²) in [4.78, 5) is 15.2. The molecule has 0 N–H and O–H groups in total. The Morgan fingerprint density at radius 2 is 1.94 bits per heavy atom. The van der Waals surface area contributed by atoms with Gasteiger partial charge in [0, 0.05) is 23.9 Å². The van der Waals surface area contributed by atoms with Gasteiger partial charge in [0.2, 0.25) is 0 Å². The van der Waals surface area contributed by atoms with Crippen molar-refractivity contribution in [2.24, 2.45) is 0 Å². The van der Waals surface area contributed by atoms with Crippen LogP contribution < -0.4 is 4.74 Å². The zero-order valence-electron chi connectivity index (χ0n) is 19.2. The number of amides is 1. The molecule has 1 amide bonds. The molecule has 5 nitrogen and oxygen atoms in total. The molecule has 0 bridgehead atoms. The highest BCUT2D eigenvalue weighted by Gasteiger charge is 2.31. The zero-order chi connectivity index (χ0) is 24.1. The Morgan fingerprint density at radius 3 is 2.65 bits per heavy atom. The molecule has 1 aliphatic heterocycles. The summed E-state index contributed by atoms with van der Waals surface area (Å²) in [6.45, 7) is 5.40. The van der Waals surface area contributed by atoms with Crippen LogP contribution in [0.15, 0.2) is 59.6 Å². The number of para-hydroxylation sites is 1. The number of thiocarbonyl (C=S) groups is 1. The molecule has 2 heterocycles. The number of halogens is 1. The van der Waals surface area contributed by atoms with Crippen LogP contribution in [0.2, 0.25) is 5.02 Å². The molecule has 0 aliphatic carbocycles. The number of ether oxygens (including phenoxy) is 1. The van der Waals surface area contributed by atoms with Gasteiger partial charge in [-0.25, -0.2) is 4.68 Å². The van der Waals surface area contributed by atoms with Gasteiger partial charge < -0.3 is 4.74 Å². The second-order valence-electron chi connectivity index (χ2n) is 7.89. The number of hydrogen-bond acceptors (Lipinski definition) is 5. The van der Waals surface area contributed by atoms with Crippen LogP contribution in [-0.2, 0) is 4.79 Å². The SMILES string of the molecule is CCCCOc1ccc(-c2nn(-c3ccccc3)cc2/C=C2\SC(=S)N(CCC)C2=O)cc1Cl. The lowest BCUT2D eigenvalue weighted by Gasteiger charge is -2.11. The summed E-state index contributed by atoms with van der Waals surface area (Å²) in [5.41, 5.74) is 3.31. The van der Waals surface area contributed by atoms with Crippen LogP contribution in [0.5, 0.6) is 5.75 Å². The average molecular weight is 512 g/mol. The summed E-state index contributed by atoms with van der Waals surface area (Å²) < 4.78 is 8.21. The predicted molar refractivity (Wildman–Crippen MR) is 145 cm³/mol. The molecule has 176 valence electrons. The van der Waals surface area contributed by atoms with Crippen LogP contribution >= 0.6 is 35.6 Å². The number of nitrogens with zero attached hydrogens (tertiary/aromatic N) is 3. The first-order valence-electron chi connectivity index (χ1n) is 11.3. The van der Waals surface area contributed by atoms with Crippen LogP contribution in [0.4, 0.5) is 0 Å². The number of carbonyl (C=O) groups is 1. The summed E-state index contributed by atoms with van der Waals surface area (Å²) in [6, 6.07) is 15.5. The van der Waals surface area contributed by atoms with Crippen molar-refractivity contribution in [1.82, 2.24) is 14.7 Å². The molecule has 1 fully saturated rings. The van der Waals surface area contributed by atoms with Crippen LogP contribution in [0.3, 0.4) is 0 Å². The Balaban J connectivity index is 1.74. The number of aromatic nitrogens is 2. The fourth-order valence-electron chi connectivity index (χ4n) is 3.58. The lowest BCUT2D eigenvalue weighted by molar-refractivity contribution is -0.122. The highest BCUT2D eigenvalue weighted by atomic mass is 35.5. The molecular formula is C26H26ClN3O2S2. The molecule has 0 spiro atoms. The third-order valence-electron chi connectivity index (χ3n) is 5.33. The topological polar surface area (TPSA) is 47.4 Å². The van der Waals surface area contributed by atoms with Gasteiger partial charge in [-0.2, -0.15) is 5.10 Å². The van der Waals surface area contributed by atoms with E-state index in [-0.39, 0.29) is 5.91 Å². The molecule has 0 atom stereocenters. The van der Waals surface area contributed by atoms with Gasteiger partial charge in [0.25, 0.3) is 5.91 Å². The summed E-state index contributed by atoms with van der Waals surface area (Å²) >= 11 is 13.3. The molecule has 8 heteroatoms. The van der Waals surface area contributed by atoms with Gasteiger partial charge in [-0.1, -0.05) is 74.0 Å². The first-order valence-corrected chi connectivity index (χ1v) is 12.9. The van der Waals surface area contributed by atoms with Crippen molar-refractivity contribution >= 4 is 51.9 Å². The van der Waals surface area contributed by atoms with Crippen LogP contribution in [0.1, 0.15) is 38.7 Å². The van der Waals surface area contributed by atoms with E-state index in [1.807, 2.05) is 72.4 Å². The molecule has 0 saturated carbocycles. The minimum absolute atomic E-state index is 0.0621. The Labute approximate surface area is 214 Å². The Morgan fingerprint density at radius 1 is 1.15 bits per heavy atom. The van der Waals surface area contributed by atoms with E-state index in [1.54, 1.807) is 4.90 Å². The largest absolute Gasteiger partial charge is 0.492 e. The highest BCUT2D eigenvalue weighted by Crippen LogP contribution is 2.36. The van der Waals surface area contributed by atoms with E-state index in [1.165, 1.54) is 11.8 Å². The van der Waals surface area contributed by atoms with E-state index in [2.05, 4.69) is 6.92 Å². The smallest absolute Gasteiger partial charge is 0.266 e. The first kappa shape index (κ1) is 24.5. The fraction of sp³-hybridized carbons (Fsp3) is 0.269. The van der Waals surface area contributed by atoms with Gasteiger partial charge in [0.1, 0.15) is 15.8 Å². The molecule has 3 aromatic rings. The number of thioether (sulfide) groups is 1. The quantitative estimate of drug-likeness (QED) is 0.176. The van der Waals surface area contributed by atoms with E-state index in [0.717, 1.165) is 41.8 Å². The number of carbonyl (C=O) groups excluding carboxylic acids is 1. The summed E-state index contributed by atoms with van der Waals surface area (Å²) in [6.07, 6.45) is 6.68. The number of hydrogen-bond donors (Lipinski definition) is 0. The summed E-state index contributed by atoms with van der Waals surface area (Å²) in [5.74, 6) is 0.594. The average Bonchev–Trinajstić information content (AvgIpc) is 3.37. The van der Waals surface area contributed by atoms with Crippen LogP contribution in [0, 0.1) is 0 Å². The number of unbranched alkanes of at least 4 members (excludes halogenated alkanes) is 1. The normalized spacial score (nSPS) is 14.9. The number of benzene rings is 2. The predicted octanol–water partition coefficient (Wildman–Crippen LogP) is 6.98. The molecular weight excluding hydrogens is 486 g/mol. The fourth-order valence-corrected chi connectivity index (χ4v) is 5.11. The number of rotatable bonds is 9. The van der Waals surface area contributed by atoms with Crippen molar-refractivity contribution in [3.8, 4) is 22.7 Å². The van der Waals surface area contributed by atoms with Crippen molar-refractivity contribution in [3.63, 3.8) is 0 Å². The van der Waals surface area contributed by atoms with Crippen LogP contribution in [-0.4, -0.2) is 38.1 Å². The van der Waals surface area contributed by atoms with Crippen molar-refractivity contribution < 1.29 is 9.53 Å². The monoisotopic (exact) mass is 511 g/mol. The first-order chi connectivity index (χ1) is 16.5. The molecule has 4 rings (SSSR count). The van der Waals surface area contributed by atoms with E-state index in [0.29, 0.717) is 33.1 Å². The summed E-state index contributed by atoms with van der Waals surface area (Å²) in [7, 11) is 0. The summed E-state index contributed by atoms with van der Waals surface area (Å²) in [5, 5.41) is 5.37. The molecule has 1 aromatic heterocycles. The van der Waals surface area contributed by atoms with Crippen molar-refractivity contribution in [3.05, 3.63) is 70.2 Å². The van der Waals surface area contributed by atoms with Crippen molar-refractivity contribution in [2.45, 2.75) is 33.1 Å². The Bertz CT molecular complexity index is 1220. The lowest BCUT2D eigenvalue weighted by atomic mass is 10.1. The van der Waals surface area contributed by atoms with Crippen molar-refractivity contribution in [2.75, 3.05) is 13.2 Å². The standard InChI is InChI=1S/C26H26ClN3O2S2/c1-3-5-14-32-22-12-11-18(15-21(22)27)24-19(17-30(28-24)20-9-7-6-8-10-20)16-23-25(31)29(13-4-2)26(33)34-23/h6-12,15-17H,3-5,13-14H2,1-2H3/b23-16-. The van der Waals surface area contributed by atoms with E-state index < -0.39 is 0 Å². The zero-order valence-corrected chi connectivity index (χ0v) is 21.6. The molecule has 0 radical (unpaired) electrons. The van der Waals surface area contributed by atoms with Gasteiger partial charge in [-0.3, -0.25) is 9.69 Å². The van der Waals surface area contributed by atoms with Crippen molar-refractivity contribution in [1.29, 1.82) is 0 Å². The van der Waals surface area contributed by atoms with E-state index >= 15 is 0 Å². The molecule has 0 unspecified atom stereocenters. The van der Waals surface area contributed by atoms with Gasteiger partial charge >= 0.3 is 0 Å². The molecule has 2 aromatic carbocycles. The Hall–Kier alpha value is -2.61. The molecule has 34 heavy (non-hydrogen) atoms. The lowest BCUT2D eigenvalue weighted by Crippen LogP contribution is -2.28. The highest BCUT2D eigenvalue weighted by molar-refractivity contribution is 8.26. The van der Waals surface area contributed by atoms with Crippen LogP contribution in [0.25, 0.3) is 23.0 Å². The van der Waals surface area contributed by atoms with E-state index in [4.69, 9.17) is 33.7 Å². The molecule has 1 saturated heterocycles. The maximum absolute atomic E-state index is 12.9. The van der Waals surface area contributed by atoms with E-state index in [9.17, 15) is 4.79 Å². The maximum Gasteiger partial charge on any atom is 0.266 e. The van der Waals surface area contributed by atoms with Gasteiger partial charge in [-0.05, 0) is 49.2 Å². The van der Waals surface area contributed by atoms with Gasteiger partial charge in [0.15, 0.2) is 0 Å². The minimum Gasteiger partial charge on any atom is -0.492 e. The Kier molecular flexibility index (Phi) is 8.08. The second-order valence-corrected chi connectivity index (χ2v) is 9.98.